The Labute approximate surface area is 95.1 Å². The molecule has 0 bridgehead atoms. The summed E-state index contributed by atoms with van der Waals surface area (Å²) in [5.41, 5.74) is 0. The van der Waals surface area contributed by atoms with Gasteiger partial charge < -0.3 is 10.1 Å². The van der Waals surface area contributed by atoms with Gasteiger partial charge in [0.1, 0.15) is 5.01 Å². The first-order chi connectivity index (χ1) is 7.36. The monoisotopic (exact) mass is 229 g/mol. The molecule has 0 aliphatic carbocycles. The van der Waals surface area contributed by atoms with Crippen LogP contribution in [0.1, 0.15) is 38.1 Å². The molecule has 0 aliphatic heterocycles. The van der Waals surface area contributed by atoms with Crippen molar-refractivity contribution in [3.8, 4) is 5.19 Å². The van der Waals surface area contributed by atoms with Crippen LogP contribution in [0.15, 0.2) is 0 Å². The molecular weight excluding hydrogens is 210 g/mol. The van der Waals surface area contributed by atoms with Crippen LogP contribution in [0.2, 0.25) is 0 Å². The predicted octanol–water partition coefficient (Wildman–Crippen LogP) is 2.22. The van der Waals surface area contributed by atoms with Gasteiger partial charge >= 0.3 is 0 Å². The number of ether oxygens (including phenoxy) is 1. The molecule has 0 saturated heterocycles. The third-order valence-electron chi connectivity index (χ3n) is 1.95. The van der Waals surface area contributed by atoms with E-state index in [-0.39, 0.29) is 0 Å². The van der Waals surface area contributed by atoms with E-state index in [1.807, 2.05) is 0 Å². The van der Waals surface area contributed by atoms with Crippen LogP contribution in [0.5, 0.6) is 5.19 Å². The molecule has 0 aromatic carbocycles. The Bertz CT molecular complexity index is 265. The van der Waals surface area contributed by atoms with E-state index in [1.165, 1.54) is 24.2 Å². The van der Waals surface area contributed by atoms with Gasteiger partial charge in [0, 0.05) is 6.54 Å². The van der Waals surface area contributed by atoms with Crippen molar-refractivity contribution in [2.24, 2.45) is 0 Å². The van der Waals surface area contributed by atoms with Crippen molar-refractivity contribution in [3.63, 3.8) is 0 Å². The Hall–Kier alpha value is -0.680. The van der Waals surface area contributed by atoms with E-state index >= 15 is 0 Å². The number of nitrogens with one attached hydrogen (secondary N) is 1. The molecule has 0 spiro atoms. The van der Waals surface area contributed by atoms with E-state index in [9.17, 15) is 0 Å². The first-order valence-corrected chi connectivity index (χ1v) is 6.34. The maximum Gasteiger partial charge on any atom is 0.294 e. The molecule has 86 valence electrons. The minimum absolute atomic E-state index is 0.694. The standard InChI is InChI=1S/C10H19N3OS/c1-3-5-6-7-14-10-13-12-9(15-10)8-11-4-2/h11H,3-8H2,1-2H3. The normalized spacial score (nSPS) is 10.5. The minimum Gasteiger partial charge on any atom is -0.469 e. The molecule has 5 heteroatoms. The summed E-state index contributed by atoms with van der Waals surface area (Å²) in [5, 5.41) is 12.9. The lowest BCUT2D eigenvalue weighted by molar-refractivity contribution is 0.302. The number of unbranched alkanes of at least 4 members (excludes halogenated alkanes) is 2. The van der Waals surface area contributed by atoms with Crippen molar-refractivity contribution in [1.29, 1.82) is 0 Å². The smallest absolute Gasteiger partial charge is 0.294 e. The molecule has 0 saturated carbocycles. The van der Waals surface area contributed by atoms with Crippen molar-refractivity contribution < 1.29 is 4.74 Å². The third-order valence-corrected chi connectivity index (χ3v) is 2.78. The highest BCUT2D eigenvalue weighted by Crippen LogP contribution is 2.17. The molecule has 0 aliphatic rings. The third kappa shape index (κ3) is 5.09. The van der Waals surface area contributed by atoms with Gasteiger partial charge in [-0.1, -0.05) is 38.0 Å². The molecule has 0 amide bonds. The topological polar surface area (TPSA) is 47.0 Å². The zero-order valence-electron chi connectivity index (χ0n) is 9.45. The summed E-state index contributed by atoms with van der Waals surface area (Å²) in [4.78, 5) is 0. The number of aromatic nitrogens is 2. The molecule has 0 unspecified atom stereocenters. The molecule has 1 aromatic rings. The lowest BCUT2D eigenvalue weighted by Gasteiger charge is -1.99. The number of rotatable bonds is 8. The van der Waals surface area contributed by atoms with Gasteiger partial charge in [-0.3, -0.25) is 0 Å². The van der Waals surface area contributed by atoms with Crippen LogP contribution in [0.25, 0.3) is 0 Å². The zero-order chi connectivity index (χ0) is 10.9. The van der Waals surface area contributed by atoms with Crippen molar-refractivity contribution in [1.82, 2.24) is 15.5 Å². The van der Waals surface area contributed by atoms with E-state index in [0.29, 0.717) is 5.19 Å². The fraction of sp³-hybridized carbons (Fsp3) is 0.800. The van der Waals surface area contributed by atoms with Crippen LogP contribution in [0.4, 0.5) is 0 Å². The molecule has 0 atom stereocenters. The van der Waals surface area contributed by atoms with Crippen molar-refractivity contribution in [2.45, 2.75) is 39.7 Å². The van der Waals surface area contributed by atoms with Crippen LogP contribution in [-0.4, -0.2) is 23.3 Å². The molecule has 0 fully saturated rings. The fourth-order valence-electron chi connectivity index (χ4n) is 1.11. The highest BCUT2D eigenvalue weighted by molar-refractivity contribution is 7.13. The largest absolute Gasteiger partial charge is 0.469 e. The lowest BCUT2D eigenvalue weighted by atomic mass is 10.3. The van der Waals surface area contributed by atoms with Crippen LogP contribution in [-0.2, 0) is 6.54 Å². The van der Waals surface area contributed by atoms with Gasteiger partial charge in [0.05, 0.1) is 6.61 Å². The van der Waals surface area contributed by atoms with E-state index < -0.39 is 0 Å². The van der Waals surface area contributed by atoms with Gasteiger partial charge in [-0.25, -0.2) is 0 Å². The molecule has 1 aromatic heterocycles. The Morgan fingerprint density at radius 1 is 1.27 bits per heavy atom. The average Bonchev–Trinajstić information content (AvgIpc) is 2.69. The summed E-state index contributed by atoms with van der Waals surface area (Å²) in [7, 11) is 0. The maximum atomic E-state index is 5.49. The fourth-order valence-corrected chi connectivity index (χ4v) is 1.79. The van der Waals surface area contributed by atoms with E-state index in [4.69, 9.17) is 4.74 Å². The van der Waals surface area contributed by atoms with Gasteiger partial charge in [-0.2, -0.15) is 0 Å². The summed E-state index contributed by atoms with van der Waals surface area (Å²) >= 11 is 1.52. The lowest BCUT2D eigenvalue weighted by Crippen LogP contribution is -2.11. The molecular formula is C10H19N3OS. The number of hydrogen-bond donors (Lipinski definition) is 1. The molecule has 1 heterocycles. The maximum absolute atomic E-state index is 5.49. The van der Waals surface area contributed by atoms with Crippen molar-refractivity contribution in [2.75, 3.05) is 13.2 Å². The van der Waals surface area contributed by atoms with Gasteiger partial charge in [0.2, 0.25) is 0 Å². The van der Waals surface area contributed by atoms with Crippen LogP contribution in [0.3, 0.4) is 0 Å². The van der Waals surface area contributed by atoms with Gasteiger partial charge in [-0.05, 0) is 13.0 Å². The van der Waals surface area contributed by atoms with Crippen LogP contribution in [0, 0.1) is 0 Å². The van der Waals surface area contributed by atoms with Gasteiger partial charge in [0.15, 0.2) is 0 Å². The van der Waals surface area contributed by atoms with Crippen LogP contribution >= 0.6 is 11.3 Å². The first kappa shape index (κ1) is 12.4. The van der Waals surface area contributed by atoms with Gasteiger partial charge in [-0.15, -0.1) is 10.2 Å². The Balaban J connectivity index is 2.20. The summed E-state index contributed by atoms with van der Waals surface area (Å²) in [6, 6.07) is 0. The van der Waals surface area contributed by atoms with E-state index in [0.717, 1.165) is 31.1 Å². The van der Waals surface area contributed by atoms with E-state index in [1.54, 1.807) is 0 Å². The Morgan fingerprint density at radius 2 is 2.13 bits per heavy atom. The minimum atomic E-state index is 0.694. The summed E-state index contributed by atoms with van der Waals surface area (Å²) < 4.78 is 5.49. The summed E-state index contributed by atoms with van der Waals surface area (Å²) in [6.45, 7) is 6.74. The molecule has 0 radical (unpaired) electrons. The Kier molecular flexibility index (Phi) is 6.27. The van der Waals surface area contributed by atoms with Gasteiger partial charge in [0.25, 0.3) is 5.19 Å². The summed E-state index contributed by atoms with van der Waals surface area (Å²) in [6.07, 6.45) is 3.52. The SMILES string of the molecule is CCCCCOc1nnc(CNCC)s1. The Morgan fingerprint density at radius 3 is 2.87 bits per heavy atom. The molecule has 1 rings (SSSR count). The predicted molar refractivity (Wildman–Crippen MR) is 62.3 cm³/mol. The zero-order valence-corrected chi connectivity index (χ0v) is 10.3. The van der Waals surface area contributed by atoms with E-state index in [2.05, 4.69) is 29.4 Å². The first-order valence-electron chi connectivity index (χ1n) is 5.52. The number of nitrogens with zero attached hydrogens (tertiary/aromatic N) is 2. The second-order valence-corrected chi connectivity index (χ2v) is 4.32. The summed E-state index contributed by atoms with van der Waals surface area (Å²) in [5.74, 6) is 0. The molecule has 15 heavy (non-hydrogen) atoms. The quantitative estimate of drug-likeness (QED) is 0.694. The van der Waals surface area contributed by atoms with Crippen molar-refractivity contribution >= 4 is 11.3 Å². The second-order valence-electron chi connectivity index (χ2n) is 3.30. The second kappa shape index (κ2) is 7.59. The van der Waals surface area contributed by atoms with Crippen molar-refractivity contribution in [3.05, 3.63) is 5.01 Å². The average molecular weight is 229 g/mol. The van der Waals surface area contributed by atoms with Crippen LogP contribution < -0.4 is 10.1 Å². The molecule has 4 nitrogen and oxygen atoms in total. The molecule has 1 N–H and O–H groups in total. The highest BCUT2D eigenvalue weighted by atomic mass is 32.1. The highest BCUT2D eigenvalue weighted by Gasteiger charge is 2.03. The number of hydrogen-bond acceptors (Lipinski definition) is 5.